The van der Waals surface area contributed by atoms with Crippen LogP contribution < -0.4 is 10.5 Å². The number of benzene rings is 1. The van der Waals surface area contributed by atoms with Gasteiger partial charge in [0.2, 0.25) is 0 Å². The predicted molar refractivity (Wildman–Crippen MR) is 53.4 cm³/mol. The van der Waals surface area contributed by atoms with E-state index in [4.69, 9.17) is 10.5 Å². The van der Waals surface area contributed by atoms with E-state index in [1.54, 1.807) is 0 Å². The van der Waals surface area contributed by atoms with Crippen molar-refractivity contribution in [1.29, 1.82) is 0 Å². The Morgan fingerprint density at radius 3 is 2.92 bits per heavy atom. The lowest BCUT2D eigenvalue weighted by molar-refractivity contribution is 0.326. The van der Waals surface area contributed by atoms with Gasteiger partial charge in [-0.25, -0.2) is 0 Å². The Balaban J connectivity index is 2.78. The molecule has 12 heavy (non-hydrogen) atoms. The second kappa shape index (κ2) is 4.48. The largest absolute Gasteiger partial charge is 0.492 e. The van der Waals surface area contributed by atoms with Crippen molar-refractivity contribution in [3.05, 3.63) is 28.2 Å². The molecule has 0 aliphatic heterocycles. The van der Waals surface area contributed by atoms with E-state index < -0.39 is 0 Å². The van der Waals surface area contributed by atoms with Gasteiger partial charge in [0, 0.05) is 16.6 Å². The molecule has 66 valence electrons. The van der Waals surface area contributed by atoms with Crippen molar-refractivity contribution in [3.8, 4) is 5.75 Å². The van der Waals surface area contributed by atoms with Gasteiger partial charge in [-0.1, -0.05) is 22.0 Å². The minimum Gasteiger partial charge on any atom is -0.492 e. The van der Waals surface area contributed by atoms with Crippen LogP contribution in [-0.4, -0.2) is 13.2 Å². The summed E-state index contributed by atoms with van der Waals surface area (Å²) in [6.45, 7) is 3.12. The first-order valence-electron chi connectivity index (χ1n) is 3.83. The number of halogens is 1. The number of ether oxygens (including phenoxy) is 1. The van der Waals surface area contributed by atoms with Crippen LogP contribution >= 0.6 is 15.9 Å². The summed E-state index contributed by atoms with van der Waals surface area (Å²) < 4.78 is 6.48. The van der Waals surface area contributed by atoms with E-state index in [2.05, 4.69) is 15.9 Å². The zero-order chi connectivity index (χ0) is 8.97. The Labute approximate surface area is 80.8 Å². The van der Waals surface area contributed by atoms with Crippen molar-refractivity contribution in [2.45, 2.75) is 6.92 Å². The Morgan fingerprint density at radius 2 is 2.25 bits per heavy atom. The van der Waals surface area contributed by atoms with Crippen LogP contribution in [0.1, 0.15) is 5.56 Å². The summed E-state index contributed by atoms with van der Waals surface area (Å²) in [5.74, 6) is 0.898. The Bertz CT molecular complexity index is 263. The van der Waals surface area contributed by atoms with Crippen LogP contribution in [0.4, 0.5) is 0 Å². The summed E-state index contributed by atoms with van der Waals surface area (Å²) in [6.07, 6.45) is 0. The van der Waals surface area contributed by atoms with Crippen LogP contribution in [0.3, 0.4) is 0 Å². The molecule has 2 N–H and O–H groups in total. The average molecular weight is 230 g/mol. The van der Waals surface area contributed by atoms with Crippen LogP contribution in [-0.2, 0) is 0 Å². The van der Waals surface area contributed by atoms with E-state index in [1.807, 2.05) is 25.1 Å². The van der Waals surface area contributed by atoms with Gasteiger partial charge in [-0.05, 0) is 19.1 Å². The molecule has 0 amide bonds. The van der Waals surface area contributed by atoms with Gasteiger partial charge in [-0.2, -0.15) is 0 Å². The zero-order valence-corrected chi connectivity index (χ0v) is 8.60. The summed E-state index contributed by atoms with van der Waals surface area (Å²) >= 11 is 3.43. The molecule has 0 aliphatic rings. The third kappa shape index (κ3) is 2.22. The van der Waals surface area contributed by atoms with Gasteiger partial charge in [0.05, 0.1) is 0 Å². The third-order valence-electron chi connectivity index (χ3n) is 1.59. The molecule has 0 aromatic heterocycles. The second-order valence-corrected chi connectivity index (χ2v) is 3.35. The molecular formula is C9H12BrNO. The first kappa shape index (κ1) is 9.55. The van der Waals surface area contributed by atoms with E-state index in [0.29, 0.717) is 13.2 Å². The van der Waals surface area contributed by atoms with E-state index in [9.17, 15) is 0 Å². The molecule has 1 rings (SSSR count). The predicted octanol–water partition coefficient (Wildman–Crippen LogP) is 2.10. The van der Waals surface area contributed by atoms with Gasteiger partial charge < -0.3 is 10.5 Å². The molecule has 2 nitrogen and oxygen atoms in total. The number of hydrogen-bond donors (Lipinski definition) is 1. The fourth-order valence-corrected chi connectivity index (χ4v) is 1.26. The van der Waals surface area contributed by atoms with Gasteiger partial charge in [0.25, 0.3) is 0 Å². The molecule has 3 heteroatoms. The van der Waals surface area contributed by atoms with Crippen molar-refractivity contribution in [2.24, 2.45) is 5.73 Å². The van der Waals surface area contributed by atoms with Crippen molar-refractivity contribution < 1.29 is 4.74 Å². The molecule has 0 saturated carbocycles. The summed E-state index contributed by atoms with van der Waals surface area (Å²) in [5, 5.41) is 0. The minimum atomic E-state index is 0.548. The van der Waals surface area contributed by atoms with Crippen molar-refractivity contribution in [3.63, 3.8) is 0 Å². The number of rotatable bonds is 3. The highest BCUT2D eigenvalue weighted by atomic mass is 79.9. The van der Waals surface area contributed by atoms with E-state index in [1.165, 1.54) is 0 Å². The van der Waals surface area contributed by atoms with Crippen LogP contribution in [0.25, 0.3) is 0 Å². The standard InChI is InChI=1S/C9H12BrNO/c1-7-8(10)3-2-4-9(7)12-6-5-11/h2-4H,5-6,11H2,1H3. The van der Waals surface area contributed by atoms with Crippen LogP contribution in [0, 0.1) is 6.92 Å². The van der Waals surface area contributed by atoms with Crippen molar-refractivity contribution in [2.75, 3.05) is 13.2 Å². The lowest BCUT2D eigenvalue weighted by atomic mass is 10.2. The van der Waals surface area contributed by atoms with Gasteiger partial charge >= 0.3 is 0 Å². The molecule has 0 radical (unpaired) electrons. The Hall–Kier alpha value is -0.540. The van der Waals surface area contributed by atoms with Crippen LogP contribution in [0.2, 0.25) is 0 Å². The maximum atomic E-state index is 5.41. The third-order valence-corrected chi connectivity index (χ3v) is 2.45. The van der Waals surface area contributed by atoms with Gasteiger partial charge in [0.15, 0.2) is 0 Å². The van der Waals surface area contributed by atoms with Crippen LogP contribution in [0.15, 0.2) is 22.7 Å². The lowest BCUT2D eigenvalue weighted by Crippen LogP contribution is -2.11. The average Bonchev–Trinajstić information content (AvgIpc) is 2.08. The molecule has 0 saturated heterocycles. The van der Waals surface area contributed by atoms with E-state index in [-0.39, 0.29) is 0 Å². The normalized spacial score (nSPS) is 9.92. The molecule has 0 bridgehead atoms. The molecule has 0 heterocycles. The Morgan fingerprint density at radius 1 is 1.50 bits per heavy atom. The smallest absolute Gasteiger partial charge is 0.123 e. The number of nitrogens with two attached hydrogens (primary N) is 1. The van der Waals surface area contributed by atoms with Crippen molar-refractivity contribution >= 4 is 15.9 Å². The fourth-order valence-electron chi connectivity index (χ4n) is 0.913. The summed E-state index contributed by atoms with van der Waals surface area (Å²) in [4.78, 5) is 0. The summed E-state index contributed by atoms with van der Waals surface area (Å²) in [7, 11) is 0. The molecule has 0 fully saturated rings. The monoisotopic (exact) mass is 229 g/mol. The van der Waals surface area contributed by atoms with Crippen molar-refractivity contribution in [1.82, 2.24) is 0 Å². The van der Waals surface area contributed by atoms with Gasteiger partial charge in [-0.3, -0.25) is 0 Å². The second-order valence-electron chi connectivity index (χ2n) is 2.50. The topological polar surface area (TPSA) is 35.2 Å². The molecule has 1 aromatic rings. The minimum absolute atomic E-state index is 0.548. The molecule has 0 spiro atoms. The van der Waals surface area contributed by atoms with Crippen LogP contribution in [0.5, 0.6) is 5.75 Å². The highest BCUT2D eigenvalue weighted by Gasteiger charge is 2.00. The SMILES string of the molecule is Cc1c(Br)cccc1OCCN. The fraction of sp³-hybridized carbons (Fsp3) is 0.333. The van der Waals surface area contributed by atoms with E-state index >= 15 is 0 Å². The lowest BCUT2D eigenvalue weighted by Gasteiger charge is -2.08. The number of hydrogen-bond acceptors (Lipinski definition) is 2. The first-order chi connectivity index (χ1) is 5.75. The molecular weight excluding hydrogens is 218 g/mol. The molecule has 0 unspecified atom stereocenters. The summed E-state index contributed by atoms with van der Waals surface area (Å²) in [5.41, 5.74) is 6.44. The quantitative estimate of drug-likeness (QED) is 0.862. The van der Waals surface area contributed by atoms with E-state index in [0.717, 1.165) is 15.8 Å². The molecule has 0 atom stereocenters. The molecule has 0 aliphatic carbocycles. The zero-order valence-electron chi connectivity index (χ0n) is 7.01. The Kier molecular flexibility index (Phi) is 3.56. The molecule has 1 aromatic carbocycles. The maximum Gasteiger partial charge on any atom is 0.123 e. The summed E-state index contributed by atoms with van der Waals surface area (Å²) in [6, 6.07) is 5.88. The maximum absolute atomic E-state index is 5.41. The van der Waals surface area contributed by atoms with Gasteiger partial charge in [0.1, 0.15) is 12.4 Å². The highest BCUT2D eigenvalue weighted by Crippen LogP contribution is 2.25. The first-order valence-corrected chi connectivity index (χ1v) is 4.63. The highest BCUT2D eigenvalue weighted by molar-refractivity contribution is 9.10. The van der Waals surface area contributed by atoms with Gasteiger partial charge in [-0.15, -0.1) is 0 Å².